The van der Waals surface area contributed by atoms with Crippen LogP contribution < -0.4 is 8.61 Å². The highest BCUT2D eigenvalue weighted by molar-refractivity contribution is 7.88. The molecule has 0 saturated heterocycles. The SMILES string of the molecule is CCCC(=C(c1ccc(O[Si](C)(C)C(C)(C)C)cc1)c1ccc(OS(=O)(=O)C(F)(F)F)cc1)c1ccccc1. The van der Waals surface area contributed by atoms with Gasteiger partial charge in [0.15, 0.2) is 0 Å². The zero-order chi connectivity index (χ0) is 29.1. The van der Waals surface area contributed by atoms with E-state index in [0.29, 0.717) is 0 Å². The van der Waals surface area contributed by atoms with Gasteiger partial charge in [0.05, 0.1) is 0 Å². The monoisotopic (exact) mass is 576 g/mol. The molecule has 39 heavy (non-hydrogen) atoms. The number of alkyl halides is 3. The summed E-state index contributed by atoms with van der Waals surface area (Å²) in [6.45, 7) is 13.0. The van der Waals surface area contributed by atoms with Gasteiger partial charge in [-0.25, -0.2) is 0 Å². The quantitative estimate of drug-likeness (QED) is 0.110. The minimum Gasteiger partial charge on any atom is -0.544 e. The van der Waals surface area contributed by atoms with E-state index in [1.165, 1.54) is 12.1 Å². The summed E-state index contributed by atoms with van der Waals surface area (Å²) in [5.41, 5.74) is -0.901. The molecule has 3 aromatic rings. The fourth-order valence-electron chi connectivity index (χ4n) is 3.81. The third kappa shape index (κ3) is 7.33. The lowest BCUT2D eigenvalue weighted by Crippen LogP contribution is -2.43. The van der Waals surface area contributed by atoms with Gasteiger partial charge >= 0.3 is 15.6 Å². The molecule has 0 heterocycles. The summed E-state index contributed by atoms with van der Waals surface area (Å²) < 4.78 is 72.1. The number of rotatable bonds is 9. The van der Waals surface area contributed by atoms with Gasteiger partial charge in [0, 0.05) is 0 Å². The highest BCUT2D eigenvalue weighted by Gasteiger charge is 2.48. The van der Waals surface area contributed by atoms with E-state index in [1.54, 1.807) is 12.1 Å². The number of halogens is 3. The fourth-order valence-corrected chi connectivity index (χ4v) is 5.30. The minimum atomic E-state index is -5.76. The second kappa shape index (κ2) is 11.6. The molecular weight excluding hydrogens is 541 g/mol. The Morgan fingerprint density at radius 3 is 1.69 bits per heavy atom. The molecule has 0 atom stereocenters. The lowest BCUT2D eigenvalue weighted by Gasteiger charge is -2.36. The summed E-state index contributed by atoms with van der Waals surface area (Å²) in [7, 11) is -7.79. The Bertz CT molecular complexity index is 1390. The average Bonchev–Trinajstić information content (AvgIpc) is 2.84. The van der Waals surface area contributed by atoms with Crippen LogP contribution in [0.25, 0.3) is 11.1 Å². The first kappa shape index (κ1) is 30.5. The van der Waals surface area contributed by atoms with Crippen molar-refractivity contribution < 1.29 is 30.2 Å². The van der Waals surface area contributed by atoms with E-state index in [4.69, 9.17) is 4.43 Å². The summed E-state index contributed by atoms with van der Waals surface area (Å²) in [6.07, 6.45) is 1.62. The molecule has 4 nitrogen and oxygen atoms in total. The van der Waals surface area contributed by atoms with Gasteiger partial charge in [-0.05, 0) is 76.7 Å². The van der Waals surface area contributed by atoms with E-state index in [2.05, 4.69) is 45.0 Å². The van der Waals surface area contributed by atoms with Crippen LogP contribution in [0.4, 0.5) is 13.2 Å². The van der Waals surface area contributed by atoms with Crippen molar-refractivity contribution in [3.05, 3.63) is 95.6 Å². The Labute approximate surface area is 230 Å². The summed E-state index contributed by atoms with van der Waals surface area (Å²) >= 11 is 0. The van der Waals surface area contributed by atoms with E-state index in [0.717, 1.165) is 46.4 Å². The highest BCUT2D eigenvalue weighted by atomic mass is 32.2. The van der Waals surface area contributed by atoms with Crippen LogP contribution in [0.3, 0.4) is 0 Å². The lowest BCUT2D eigenvalue weighted by atomic mass is 9.87. The molecule has 9 heteroatoms. The second-order valence-corrected chi connectivity index (χ2v) is 17.1. The van der Waals surface area contributed by atoms with Crippen LogP contribution >= 0.6 is 0 Å². The Morgan fingerprint density at radius 1 is 0.769 bits per heavy atom. The molecule has 0 saturated carbocycles. The molecule has 0 amide bonds. The molecule has 0 bridgehead atoms. The van der Waals surface area contributed by atoms with Crippen molar-refractivity contribution in [1.82, 2.24) is 0 Å². The molecule has 0 fully saturated rings. The normalized spacial score (nSPS) is 13.6. The van der Waals surface area contributed by atoms with Crippen molar-refractivity contribution in [1.29, 1.82) is 0 Å². The van der Waals surface area contributed by atoms with Gasteiger partial charge in [-0.2, -0.15) is 21.6 Å². The van der Waals surface area contributed by atoms with Crippen molar-refractivity contribution in [2.24, 2.45) is 0 Å². The molecular formula is C30H35F3O4SSi. The van der Waals surface area contributed by atoms with Crippen LogP contribution in [0.5, 0.6) is 11.5 Å². The first-order chi connectivity index (χ1) is 18.1. The van der Waals surface area contributed by atoms with Crippen LogP contribution in [-0.2, 0) is 10.1 Å². The summed E-state index contributed by atoms with van der Waals surface area (Å²) in [5.74, 6) is 0.368. The maximum atomic E-state index is 12.8. The van der Waals surface area contributed by atoms with Crippen LogP contribution in [-0.4, -0.2) is 22.2 Å². The molecule has 0 radical (unpaired) electrons. The maximum Gasteiger partial charge on any atom is 0.534 e. The molecule has 0 unspecified atom stereocenters. The zero-order valence-electron chi connectivity index (χ0n) is 23.1. The van der Waals surface area contributed by atoms with Gasteiger partial charge in [0.1, 0.15) is 11.5 Å². The maximum absolute atomic E-state index is 12.8. The van der Waals surface area contributed by atoms with Gasteiger partial charge in [-0.3, -0.25) is 0 Å². The fraction of sp³-hybridized carbons (Fsp3) is 0.333. The van der Waals surface area contributed by atoms with Crippen LogP contribution in [0.1, 0.15) is 57.2 Å². The molecule has 0 aliphatic rings. The van der Waals surface area contributed by atoms with Gasteiger partial charge in [0.2, 0.25) is 8.32 Å². The van der Waals surface area contributed by atoms with Crippen molar-refractivity contribution >= 4 is 29.6 Å². The van der Waals surface area contributed by atoms with Gasteiger partial charge in [-0.1, -0.05) is 88.7 Å². The van der Waals surface area contributed by atoms with E-state index in [-0.39, 0.29) is 5.04 Å². The van der Waals surface area contributed by atoms with E-state index < -0.39 is 29.7 Å². The predicted octanol–water partition coefficient (Wildman–Crippen LogP) is 9.06. The van der Waals surface area contributed by atoms with Gasteiger partial charge in [0.25, 0.3) is 0 Å². The average molecular weight is 577 g/mol. The molecule has 3 rings (SSSR count). The Kier molecular flexibility index (Phi) is 9.07. The Balaban J connectivity index is 2.11. The van der Waals surface area contributed by atoms with Gasteiger partial charge < -0.3 is 8.61 Å². The summed E-state index contributed by atoms with van der Waals surface area (Å²) in [5, 5.41) is 0.0434. The molecule has 0 aliphatic carbocycles. The molecule has 0 spiro atoms. The predicted molar refractivity (Wildman–Crippen MR) is 154 cm³/mol. The lowest BCUT2D eigenvalue weighted by molar-refractivity contribution is -0.0500. The van der Waals surface area contributed by atoms with Crippen LogP contribution in [0.2, 0.25) is 18.1 Å². The Morgan fingerprint density at radius 2 is 1.26 bits per heavy atom. The topological polar surface area (TPSA) is 52.6 Å². The standard InChI is InChI=1S/C30H35F3O4SSi/c1-7-11-27(22-12-9-8-10-13-22)28(23-14-18-25(19-15-23)36-38(34,35)30(31,32)33)24-16-20-26(21-17-24)37-39(5,6)29(2,3)4/h8-10,12-21H,7,11H2,1-6H3. The zero-order valence-corrected chi connectivity index (χ0v) is 24.9. The smallest absolute Gasteiger partial charge is 0.534 e. The van der Waals surface area contributed by atoms with Crippen molar-refractivity contribution in [3.63, 3.8) is 0 Å². The third-order valence-electron chi connectivity index (χ3n) is 6.88. The second-order valence-electron chi connectivity index (χ2n) is 10.9. The minimum absolute atomic E-state index is 0.0434. The molecule has 3 aromatic carbocycles. The highest BCUT2D eigenvalue weighted by Crippen LogP contribution is 2.39. The number of hydrogen-bond acceptors (Lipinski definition) is 4. The Hall–Kier alpha value is -3.04. The number of benzene rings is 3. The van der Waals surface area contributed by atoms with Crippen molar-refractivity contribution in [2.45, 2.75) is 64.2 Å². The van der Waals surface area contributed by atoms with E-state index >= 15 is 0 Å². The van der Waals surface area contributed by atoms with E-state index in [1.807, 2.05) is 54.6 Å². The molecule has 0 N–H and O–H groups in total. The largest absolute Gasteiger partial charge is 0.544 e. The summed E-state index contributed by atoms with van der Waals surface area (Å²) in [6, 6.07) is 23.4. The van der Waals surface area contributed by atoms with E-state index in [9.17, 15) is 21.6 Å². The summed E-state index contributed by atoms with van der Waals surface area (Å²) in [4.78, 5) is 0. The number of allylic oxidation sites excluding steroid dienone is 1. The third-order valence-corrected chi connectivity index (χ3v) is 12.2. The first-order valence-corrected chi connectivity index (χ1v) is 17.1. The molecule has 210 valence electrons. The van der Waals surface area contributed by atoms with Crippen LogP contribution in [0.15, 0.2) is 78.9 Å². The van der Waals surface area contributed by atoms with Crippen molar-refractivity contribution in [2.75, 3.05) is 0 Å². The number of hydrogen-bond donors (Lipinski definition) is 0. The first-order valence-electron chi connectivity index (χ1n) is 12.7. The molecule has 0 aliphatic heterocycles. The molecule has 0 aromatic heterocycles. The van der Waals surface area contributed by atoms with Crippen LogP contribution in [0, 0.1) is 0 Å². The van der Waals surface area contributed by atoms with Crippen molar-refractivity contribution in [3.8, 4) is 11.5 Å². The van der Waals surface area contributed by atoms with Gasteiger partial charge in [-0.15, -0.1) is 0 Å².